The highest BCUT2D eigenvalue weighted by Crippen LogP contribution is 2.32. The summed E-state index contributed by atoms with van der Waals surface area (Å²) in [5.74, 6) is -2.98. The normalized spacial score (nSPS) is 20.5. The van der Waals surface area contributed by atoms with Gasteiger partial charge in [0.05, 0.1) is 5.56 Å². The van der Waals surface area contributed by atoms with E-state index in [0.29, 0.717) is 11.3 Å². The number of ether oxygens (including phenoxy) is 7. The Balaban J connectivity index is 1.50. The number of hydrogen-bond acceptors (Lipinski definition) is 12. The lowest BCUT2D eigenvalue weighted by atomic mass is 9.98. The number of esters is 5. The summed E-state index contributed by atoms with van der Waals surface area (Å²) in [6.07, 6.45) is -6.47. The Labute approximate surface area is 265 Å². The number of benzene rings is 3. The fourth-order valence-electron chi connectivity index (χ4n) is 4.75. The van der Waals surface area contributed by atoms with Crippen LogP contribution >= 0.6 is 0 Å². The molecule has 242 valence electrons. The summed E-state index contributed by atoms with van der Waals surface area (Å²) in [7, 11) is 0. The molecular weight excluding hydrogens is 600 g/mol. The lowest BCUT2D eigenvalue weighted by molar-refractivity contribution is -0.288. The van der Waals surface area contributed by atoms with Gasteiger partial charge < -0.3 is 33.2 Å². The molecule has 1 aliphatic rings. The van der Waals surface area contributed by atoms with Gasteiger partial charge in [-0.25, -0.2) is 4.79 Å². The molecule has 0 saturated carbocycles. The maximum Gasteiger partial charge on any atom is 0.338 e. The quantitative estimate of drug-likeness (QED) is 0.220. The maximum atomic E-state index is 12.5. The van der Waals surface area contributed by atoms with Crippen LogP contribution in [0, 0.1) is 0 Å². The fraction of sp³-hybridized carbons (Fsp3) is 0.324. The predicted octanol–water partition coefficient (Wildman–Crippen LogP) is 4.17. The summed E-state index contributed by atoms with van der Waals surface area (Å²) in [4.78, 5) is 60.1. The van der Waals surface area contributed by atoms with Crippen LogP contribution in [0.15, 0.2) is 78.9 Å². The molecule has 0 bridgehead atoms. The minimum atomic E-state index is -1.35. The third-order valence-corrected chi connectivity index (χ3v) is 6.72. The molecule has 46 heavy (non-hydrogen) atoms. The summed E-state index contributed by atoms with van der Waals surface area (Å²) >= 11 is 0. The molecule has 3 aromatic rings. The maximum absolute atomic E-state index is 12.5. The SMILES string of the molecule is CC(=O)OC[C@H]1O[C@@H](Oc2ccc(-c3ccc(C(=O)OCc4ccccc4)cc3)cc2)[C@H](OC(C)=O)[C@@H](OC(C)=O)[C@H]1OC(C)=O. The van der Waals surface area contributed by atoms with E-state index in [0.717, 1.165) is 37.5 Å². The van der Waals surface area contributed by atoms with Gasteiger partial charge in [0, 0.05) is 27.7 Å². The van der Waals surface area contributed by atoms with Crippen molar-refractivity contribution in [3.05, 3.63) is 90.0 Å². The minimum absolute atomic E-state index is 0.169. The molecule has 1 heterocycles. The van der Waals surface area contributed by atoms with Crippen molar-refractivity contribution in [3.8, 4) is 16.9 Å². The molecule has 0 aromatic heterocycles. The average molecular weight is 635 g/mol. The van der Waals surface area contributed by atoms with Crippen molar-refractivity contribution in [2.24, 2.45) is 0 Å². The molecule has 5 atom stereocenters. The molecule has 12 nitrogen and oxygen atoms in total. The van der Waals surface area contributed by atoms with Crippen molar-refractivity contribution in [2.45, 2.75) is 65.0 Å². The van der Waals surface area contributed by atoms with Gasteiger partial charge in [-0.3, -0.25) is 19.2 Å². The summed E-state index contributed by atoms with van der Waals surface area (Å²) < 4.78 is 38.8. The van der Waals surface area contributed by atoms with Crippen LogP contribution < -0.4 is 4.74 Å². The number of rotatable bonds is 11. The molecule has 3 aromatic carbocycles. The molecule has 12 heteroatoms. The lowest BCUT2D eigenvalue weighted by Gasteiger charge is -2.43. The molecule has 0 amide bonds. The van der Waals surface area contributed by atoms with E-state index in [1.54, 1.807) is 48.5 Å². The van der Waals surface area contributed by atoms with Crippen LogP contribution in [0.25, 0.3) is 11.1 Å². The van der Waals surface area contributed by atoms with E-state index in [1.807, 2.05) is 30.3 Å². The Morgan fingerprint density at radius 2 is 1.15 bits per heavy atom. The van der Waals surface area contributed by atoms with E-state index in [9.17, 15) is 24.0 Å². The molecule has 1 saturated heterocycles. The second kappa shape index (κ2) is 15.7. The second-order valence-electron chi connectivity index (χ2n) is 10.3. The number of carbonyl (C=O) groups excluding carboxylic acids is 5. The van der Waals surface area contributed by atoms with Crippen LogP contribution in [-0.2, 0) is 54.2 Å². The van der Waals surface area contributed by atoms with Gasteiger partial charge in [-0.05, 0) is 41.0 Å². The first-order valence-electron chi connectivity index (χ1n) is 14.4. The zero-order valence-corrected chi connectivity index (χ0v) is 25.7. The van der Waals surface area contributed by atoms with Crippen molar-refractivity contribution in [1.29, 1.82) is 0 Å². The van der Waals surface area contributed by atoms with Gasteiger partial charge in [-0.2, -0.15) is 0 Å². The zero-order chi connectivity index (χ0) is 33.2. The molecule has 0 N–H and O–H groups in total. The van der Waals surface area contributed by atoms with Crippen LogP contribution in [-0.4, -0.2) is 67.2 Å². The molecular formula is C34H34O12. The Bertz CT molecular complexity index is 1520. The van der Waals surface area contributed by atoms with E-state index in [4.69, 9.17) is 33.2 Å². The smallest absolute Gasteiger partial charge is 0.338 e. The Kier molecular flexibility index (Phi) is 11.5. The van der Waals surface area contributed by atoms with E-state index < -0.39 is 60.6 Å². The van der Waals surface area contributed by atoms with E-state index in [1.165, 1.54) is 6.92 Å². The van der Waals surface area contributed by atoms with Crippen molar-refractivity contribution >= 4 is 29.8 Å². The second-order valence-corrected chi connectivity index (χ2v) is 10.3. The molecule has 0 spiro atoms. The lowest BCUT2D eigenvalue weighted by Crippen LogP contribution is -2.63. The van der Waals surface area contributed by atoms with Gasteiger partial charge in [0.15, 0.2) is 12.2 Å². The van der Waals surface area contributed by atoms with Crippen molar-refractivity contribution in [1.82, 2.24) is 0 Å². The first-order valence-corrected chi connectivity index (χ1v) is 14.4. The standard InChI is InChI=1S/C34H34O12/c1-20(35)40-19-29-30(42-21(2)36)31(43-22(3)37)32(44-23(4)38)34(46-29)45-28-16-14-26(15-17-28)25-10-12-27(13-11-25)33(39)41-18-24-8-6-5-7-9-24/h5-17,29-32,34H,18-19H2,1-4H3/t29-,30+,31+,32-,34-/m1/s1. The van der Waals surface area contributed by atoms with Crippen LogP contribution in [0.2, 0.25) is 0 Å². The summed E-state index contributed by atoms with van der Waals surface area (Å²) in [6.45, 7) is 4.42. The van der Waals surface area contributed by atoms with Gasteiger partial charge in [-0.15, -0.1) is 0 Å². The van der Waals surface area contributed by atoms with Gasteiger partial charge in [-0.1, -0.05) is 54.6 Å². The van der Waals surface area contributed by atoms with Crippen molar-refractivity contribution < 1.29 is 57.1 Å². The van der Waals surface area contributed by atoms with Crippen LogP contribution in [0.1, 0.15) is 43.6 Å². The van der Waals surface area contributed by atoms with E-state index in [-0.39, 0.29) is 13.2 Å². The monoisotopic (exact) mass is 634 g/mol. The van der Waals surface area contributed by atoms with Crippen LogP contribution in [0.3, 0.4) is 0 Å². The first-order chi connectivity index (χ1) is 22.0. The fourth-order valence-corrected chi connectivity index (χ4v) is 4.75. The van der Waals surface area contributed by atoms with Crippen molar-refractivity contribution in [3.63, 3.8) is 0 Å². The highest BCUT2D eigenvalue weighted by Gasteiger charge is 2.53. The zero-order valence-electron chi connectivity index (χ0n) is 25.7. The third kappa shape index (κ3) is 9.38. The van der Waals surface area contributed by atoms with E-state index in [2.05, 4.69) is 0 Å². The minimum Gasteiger partial charge on any atom is -0.463 e. The summed E-state index contributed by atoms with van der Waals surface area (Å²) in [5, 5.41) is 0. The topological polar surface area (TPSA) is 150 Å². The van der Waals surface area contributed by atoms with Crippen LogP contribution in [0.5, 0.6) is 5.75 Å². The largest absolute Gasteiger partial charge is 0.463 e. The number of hydrogen-bond donors (Lipinski definition) is 0. The number of carbonyl (C=O) groups is 5. The third-order valence-electron chi connectivity index (χ3n) is 6.72. The molecule has 0 aliphatic carbocycles. The Morgan fingerprint density at radius 3 is 1.72 bits per heavy atom. The molecule has 0 unspecified atom stereocenters. The van der Waals surface area contributed by atoms with Gasteiger partial charge in [0.25, 0.3) is 0 Å². The molecule has 4 rings (SSSR count). The van der Waals surface area contributed by atoms with Gasteiger partial charge >= 0.3 is 29.8 Å². The average Bonchev–Trinajstić information content (AvgIpc) is 3.02. The Hall–Kier alpha value is -5.23. The first kappa shape index (κ1) is 33.7. The predicted molar refractivity (Wildman–Crippen MR) is 160 cm³/mol. The van der Waals surface area contributed by atoms with Crippen molar-refractivity contribution in [2.75, 3.05) is 6.61 Å². The summed E-state index contributed by atoms with van der Waals surface area (Å²) in [6, 6.07) is 23.1. The molecule has 1 aliphatic heterocycles. The summed E-state index contributed by atoms with van der Waals surface area (Å²) in [5.41, 5.74) is 2.92. The van der Waals surface area contributed by atoms with Gasteiger partial charge in [0.2, 0.25) is 12.4 Å². The highest BCUT2D eigenvalue weighted by molar-refractivity contribution is 5.90. The van der Waals surface area contributed by atoms with E-state index >= 15 is 0 Å². The van der Waals surface area contributed by atoms with Gasteiger partial charge in [0.1, 0.15) is 25.1 Å². The Morgan fingerprint density at radius 1 is 0.609 bits per heavy atom. The highest BCUT2D eigenvalue weighted by atomic mass is 16.7. The molecule has 0 radical (unpaired) electrons. The molecule has 1 fully saturated rings. The van der Waals surface area contributed by atoms with Crippen LogP contribution in [0.4, 0.5) is 0 Å².